The molecule has 1 atom stereocenters. The van der Waals surface area contributed by atoms with Crippen LogP contribution in [0.2, 0.25) is 0 Å². The second kappa shape index (κ2) is 6.25. The number of carbonyl (C=O) groups excluding carboxylic acids is 1. The van der Waals surface area contributed by atoms with E-state index in [1.165, 1.54) is 5.56 Å². The minimum Gasteiger partial charge on any atom is -0.394 e. The van der Waals surface area contributed by atoms with Crippen molar-refractivity contribution >= 4 is 17.7 Å². The van der Waals surface area contributed by atoms with Crippen LogP contribution in [0.4, 0.5) is 0 Å². The van der Waals surface area contributed by atoms with Crippen molar-refractivity contribution in [2.75, 3.05) is 18.9 Å². The molecule has 98 valence electrons. The Morgan fingerprint density at radius 2 is 2.17 bits per heavy atom. The molecule has 2 rings (SSSR count). The lowest BCUT2D eigenvalue weighted by Gasteiger charge is -2.22. The number of carbonyl (C=O) groups is 1. The molecule has 0 saturated carbocycles. The van der Waals surface area contributed by atoms with Crippen LogP contribution in [0, 0.1) is 6.92 Å². The molecule has 1 aromatic carbocycles. The molecular formula is C14H19NO2S. The van der Waals surface area contributed by atoms with Crippen molar-refractivity contribution in [3.05, 3.63) is 29.8 Å². The molecular weight excluding hydrogens is 246 g/mol. The largest absolute Gasteiger partial charge is 0.394 e. The Morgan fingerprint density at radius 1 is 1.44 bits per heavy atom. The predicted octanol–water partition coefficient (Wildman–Crippen LogP) is 2.07. The van der Waals surface area contributed by atoms with Gasteiger partial charge in [-0.1, -0.05) is 17.7 Å². The van der Waals surface area contributed by atoms with Crippen LogP contribution in [-0.2, 0) is 4.79 Å². The van der Waals surface area contributed by atoms with E-state index in [-0.39, 0.29) is 18.6 Å². The Morgan fingerprint density at radius 3 is 2.83 bits per heavy atom. The molecule has 3 nitrogen and oxygen atoms in total. The monoisotopic (exact) mass is 265 g/mol. The van der Waals surface area contributed by atoms with Crippen LogP contribution in [0.5, 0.6) is 0 Å². The molecule has 1 N–H and O–H groups in total. The highest BCUT2D eigenvalue weighted by atomic mass is 32.2. The number of aliphatic hydroxyl groups is 1. The van der Waals surface area contributed by atoms with E-state index >= 15 is 0 Å². The predicted molar refractivity (Wildman–Crippen MR) is 73.7 cm³/mol. The summed E-state index contributed by atoms with van der Waals surface area (Å²) < 4.78 is 0. The van der Waals surface area contributed by atoms with Gasteiger partial charge < -0.3 is 10.0 Å². The smallest absolute Gasteiger partial charge is 0.233 e. The lowest BCUT2D eigenvalue weighted by atomic mass is 10.2. The Bertz CT molecular complexity index is 405. The van der Waals surface area contributed by atoms with Gasteiger partial charge in [0.25, 0.3) is 0 Å². The summed E-state index contributed by atoms with van der Waals surface area (Å²) in [4.78, 5) is 15.0. The molecule has 1 saturated heterocycles. The molecule has 1 aliphatic heterocycles. The van der Waals surface area contributed by atoms with Gasteiger partial charge in [-0.3, -0.25) is 4.79 Å². The molecule has 1 aliphatic rings. The van der Waals surface area contributed by atoms with E-state index in [0.717, 1.165) is 24.3 Å². The maximum atomic E-state index is 12.0. The van der Waals surface area contributed by atoms with Crippen molar-refractivity contribution in [2.45, 2.75) is 30.7 Å². The number of hydrogen-bond acceptors (Lipinski definition) is 3. The van der Waals surface area contributed by atoms with Gasteiger partial charge in [0.2, 0.25) is 5.91 Å². The summed E-state index contributed by atoms with van der Waals surface area (Å²) in [6, 6.07) is 8.23. The van der Waals surface area contributed by atoms with Gasteiger partial charge in [0.05, 0.1) is 18.4 Å². The number of aliphatic hydroxyl groups excluding tert-OH is 1. The highest BCUT2D eigenvalue weighted by Crippen LogP contribution is 2.22. The first-order valence-electron chi connectivity index (χ1n) is 6.30. The zero-order valence-electron chi connectivity index (χ0n) is 10.6. The van der Waals surface area contributed by atoms with Gasteiger partial charge in [-0.25, -0.2) is 0 Å². The fourth-order valence-electron chi connectivity index (χ4n) is 2.22. The number of rotatable bonds is 4. The van der Waals surface area contributed by atoms with E-state index in [2.05, 4.69) is 19.1 Å². The zero-order chi connectivity index (χ0) is 13.0. The van der Waals surface area contributed by atoms with Crippen molar-refractivity contribution in [3.63, 3.8) is 0 Å². The number of nitrogens with zero attached hydrogens (tertiary/aromatic N) is 1. The fourth-order valence-corrected chi connectivity index (χ4v) is 3.00. The highest BCUT2D eigenvalue weighted by molar-refractivity contribution is 8.00. The van der Waals surface area contributed by atoms with Crippen LogP contribution < -0.4 is 0 Å². The molecule has 0 unspecified atom stereocenters. The van der Waals surface area contributed by atoms with Gasteiger partial charge in [0.1, 0.15) is 0 Å². The summed E-state index contributed by atoms with van der Waals surface area (Å²) in [5.41, 5.74) is 1.23. The molecule has 1 aromatic rings. The number of amides is 1. The lowest BCUT2D eigenvalue weighted by Crippen LogP contribution is -2.38. The Kier molecular flexibility index (Phi) is 4.66. The Balaban J connectivity index is 1.86. The summed E-state index contributed by atoms with van der Waals surface area (Å²) in [6.07, 6.45) is 1.93. The van der Waals surface area contributed by atoms with Crippen molar-refractivity contribution < 1.29 is 9.90 Å². The van der Waals surface area contributed by atoms with E-state index in [9.17, 15) is 9.90 Å². The molecule has 0 aliphatic carbocycles. The second-order valence-corrected chi connectivity index (χ2v) is 5.72. The van der Waals surface area contributed by atoms with Gasteiger partial charge in [-0.15, -0.1) is 11.8 Å². The van der Waals surface area contributed by atoms with Gasteiger partial charge in [0.15, 0.2) is 0 Å². The third kappa shape index (κ3) is 3.27. The van der Waals surface area contributed by atoms with E-state index < -0.39 is 0 Å². The molecule has 1 fully saturated rings. The van der Waals surface area contributed by atoms with Crippen molar-refractivity contribution in [1.82, 2.24) is 4.90 Å². The second-order valence-electron chi connectivity index (χ2n) is 4.67. The maximum Gasteiger partial charge on any atom is 0.233 e. The van der Waals surface area contributed by atoms with Gasteiger partial charge in [-0.2, -0.15) is 0 Å². The highest BCUT2D eigenvalue weighted by Gasteiger charge is 2.27. The summed E-state index contributed by atoms with van der Waals surface area (Å²) in [5, 5.41) is 9.20. The maximum absolute atomic E-state index is 12.0. The Hall–Kier alpha value is -1.00. The summed E-state index contributed by atoms with van der Waals surface area (Å²) >= 11 is 1.56. The van der Waals surface area contributed by atoms with Crippen molar-refractivity contribution in [3.8, 4) is 0 Å². The molecule has 18 heavy (non-hydrogen) atoms. The number of aryl methyl sites for hydroxylation is 1. The standard InChI is InChI=1S/C14H19NO2S/c1-11-4-6-13(7-5-11)18-10-14(17)15-8-2-3-12(15)9-16/h4-7,12,16H,2-3,8-10H2,1H3/t12-/m1/s1. The Labute approximate surface area is 112 Å². The van der Waals surface area contributed by atoms with Crippen LogP contribution in [0.25, 0.3) is 0 Å². The third-order valence-corrected chi connectivity index (χ3v) is 4.29. The summed E-state index contributed by atoms with van der Waals surface area (Å²) in [7, 11) is 0. The van der Waals surface area contributed by atoms with Gasteiger partial charge >= 0.3 is 0 Å². The minimum absolute atomic E-state index is 0.0381. The average Bonchev–Trinajstić information content (AvgIpc) is 2.86. The third-order valence-electron chi connectivity index (χ3n) is 3.29. The topological polar surface area (TPSA) is 40.5 Å². The van der Waals surface area contributed by atoms with Gasteiger partial charge in [0, 0.05) is 11.4 Å². The SMILES string of the molecule is Cc1ccc(SCC(=O)N2CCC[C@@H]2CO)cc1. The minimum atomic E-state index is 0.0381. The molecule has 0 bridgehead atoms. The zero-order valence-corrected chi connectivity index (χ0v) is 11.4. The number of hydrogen-bond donors (Lipinski definition) is 1. The molecule has 4 heteroatoms. The number of likely N-dealkylation sites (tertiary alicyclic amines) is 1. The normalized spacial score (nSPS) is 19.2. The van der Waals surface area contributed by atoms with Crippen LogP contribution in [0.3, 0.4) is 0 Å². The van der Waals surface area contributed by atoms with Crippen molar-refractivity contribution in [2.24, 2.45) is 0 Å². The first kappa shape index (κ1) is 13.4. The average molecular weight is 265 g/mol. The fraction of sp³-hybridized carbons (Fsp3) is 0.500. The van der Waals surface area contributed by atoms with Gasteiger partial charge in [-0.05, 0) is 31.9 Å². The van der Waals surface area contributed by atoms with Crippen LogP contribution in [0.1, 0.15) is 18.4 Å². The van der Waals surface area contributed by atoms with Crippen molar-refractivity contribution in [1.29, 1.82) is 0 Å². The first-order valence-corrected chi connectivity index (χ1v) is 7.29. The quantitative estimate of drug-likeness (QED) is 0.847. The van der Waals surface area contributed by atoms with E-state index in [1.54, 1.807) is 11.8 Å². The van der Waals surface area contributed by atoms with Crippen LogP contribution >= 0.6 is 11.8 Å². The van der Waals surface area contributed by atoms with Crippen LogP contribution in [-0.4, -0.2) is 40.9 Å². The van der Waals surface area contributed by atoms with E-state index in [0.29, 0.717) is 5.75 Å². The molecule has 0 radical (unpaired) electrons. The molecule has 0 spiro atoms. The molecule has 0 aromatic heterocycles. The summed E-state index contributed by atoms with van der Waals surface area (Å²) in [6.45, 7) is 2.93. The molecule has 1 heterocycles. The van der Waals surface area contributed by atoms with Crippen LogP contribution in [0.15, 0.2) is 29.2 Å². The summed E-state index contributed by atoms with van der Waals surface area (Å²) in [5.74, 6) is 0.594. The first-order chi connectivity index (χ1) is 8.70. The van der Waals surface area contributed by atoms with E-state index in [4.69, 9.17) is 0 Å². The number of thioether (sulfide) groups is 1. The number of benzene rings is 1. The van der Waals surface area contributed by atoms with E-state index in [1.807, 2.05) is 17.0 Å². The molecule has 1 amide bonds. The lowest BCUT2D eigenvalue weighted by molar-refractivity contribution is -0.129.